The molecule has 2 N–H and O–H groups in total. The van der Waals surface area contributed by atoms with Crippen LogP contribution in [-0.4, -0.2) is 49.7 Å². The first-order chi connectivity index (χ1) is 23.8. The summed E-state index contributed by atoms with van der Waals surface area (Å²) in [4.78, 5) is 40.7. The van der Waals surface area contributed by atoms with Crippen LogP contribution in [0.2, 0.25) is 10.0 Å². The molecule has 0 saturated heterocycles. The molecule has 3 aromatic carbocycles. The number of carbonyl (C=O) groups is 2. The number of benzene rings is 3. The lowest BCUT2D eigenvalue weighted by Gasteiger charge is -2.35. The molecule has 9 nitrogen and oxygen atoms in total. The van der Waals surface area contributed by atoms with E-state index in [9.17, 15) is 14.7 Å². The predicted molar refractivity (Wildman–Crippen MR) is 199 cm³/mol. The van der Waals surface area contributed by atoms with Crippen molar-refractivity contribution in [1.29, 1.82) is 0 Å². The molecule has 7 rings (SSSR count). The minimum absolute atomic E-state index is 0.0698. The lowest BCUT2D eigenvalue weighted by Crippen LogP contribution is -2.43. The molecule has 0 bridgehead atoms. The maximum absolute atomic E-state index is 14.9. The summed E-state index contributed by atoms with van der Waals surface area (Å²) >= 11 is 13.4. The zero-order chi connectivity index (χ0) is 35.6. The summed E-state index contributed by atoms with van der Waals surface area (Å²) < 4.78 is 8.32. The number of aromatic nitrogens is 4. The highest BCUT2D eigenvalue weighted by Crippen LogP contribution is 2.45. The maximum atomic E-state index is 14.9. The number of hydrogen-bond donors (Lipinski definition) is 2. The number of halogens is 2. The van der Waals surface area contributed by atoms with Gasteiger partial charge in [-0.1, -0.05) is 29.3 Å². The molecule has 6 aromatic rings. The molecule has 1 atom stereocenters. The molecule has 0 fully saturated rings. The standard InChI is InChI=1S/C39H37Cl2N5O4/c1-19-12-25-16-30(39(48)49)44-35(25)31(13-19)45-17-22(4)46-36-28(9-10-29(40)33(36)32-23(5)42-18-43-24(32)6)27(37(46)38(45)47)8-7-11-50-26-14-20(2)34(41)21(3)15-26/h9-10,12-16,18,22,44H,7-8,11,17H2,1-6H3,(H,48,49). The number of rotatable bonds is 8. The minimum atomic E-state index is -1.06. The van der Waals surface area contributed by atoms with Gasteiger partial charge in [0.1, 0.15) is 23.5 Å². The smallest absolute Gasteiger partial charge is 0.352 e. The number of aromatic carboxylic acids is 1. The number of ether oxygens (including phenoxy) is 1. The molecule has 11 heteroatoms. The first-order valence-electron chi connectivity index (χ1n) is 16.6. The van der Waals surface area contributed by atoms with Crippen LogP contribution in [0.3, 0.4) is 0 Å². The Morgan fingerprint density at radius 1 is 1.00 bits per heavy atom. The third-order valence-electron chi connectivity index (χ3n) is 9.65. The maximum Gasteiger partial charge on any atom is 0.352 e. The van der Waals surface area contributed by atoms with Crippen LogP contribution in [0.5, 0.6) is 5.75 Å². The predicted octanol–water partition coefficient (Wildman–Crippen LogP) is 9.36. The van der Waals surface area contributed by atoms with E-state index in [0.29, 0.717) is 47.9 Å². The van der Waals surface area contributed by atoms with E-state index in [-0.39, 0.29) is 17.6 Å². The van der Waals surface area contributed by atoms with Crippen LogP contribution in [0.25, 0.3) is 32.9 Å². The van der Waals surface area contributed by atoms with Crippen molar-refractivity contribution in [1.82, 2.24) is 19.5 Å². The molecule has 0 aliphatic carbocycles. The summed E-state index contributed by atoms with van der Waals surface area (Å²) in [5.41, 5.74) is 9.75. The zero-order valence-corrected chi connectivity index (χ0v) is 30.3. The van der Waals surface area contributed by atoms with Gasteiger partial charge >= 0.3 is 5.97 Å². The number of carbonyl (C=O) groups excluding carboxylic acids is 1. The fourth-order valence-corrected chi connectivity index (χ4v) is 7.81. The third-order valence-corrected chi connectivity index (χ3v) is 10.6. The number of nitrogens with one attached hydrogen (secondary N) is 1. The first-order valence-corrected chi connectivity index (χ1v) is 17.3. The highest BCUT2D eigenvalue weighted by Gasteiger charge is 2.37. The number of H-pyrrole nitrogens is 1. The van der Waals surface area contributed by atoms with Crippen LogP contribution >= 0.6 is 23.2 Å². The number of fused-ring (bicyclic) bond motifs is 4. The molecule has 1 amide bonds. The van der Waals surface area contributed by atoms with Crippen molar-refractivity contribution in [2.24, 2.45) is 0 Å². The Morgan fingerprint density at radius 3 is 2.38 bits per heavy atom. The van der Waals surface area contributed by atoms with Crippen LogP contribution in [0, 0.1) is 34.6 Å². The van der Waals surface area contributed by atoms with Crippen molar-refractivity contribution in [3.8, 4) is 16.9 Å². The number of carboxylic acid groups (broad SMARTS) is 1. The second-order valence-electron chi connectivity index (χ2n) is 13.3. The van der Waals surface area contributed by atoms with E-state index in [1.54, 1.807) is 17.3 Å². The van der Waals surface area contributed by atoms with Crippen LogP contribution in [0.4, 0.5) is 5.69 Å². The van der Waals surface area contributed by atoms with Gasteiger partial charge in [0.15, 0.2) is 0 Å². The van der Waals surface area contributed by atoms with E-state index in [0.717, 1.165) is 71.8 Å². The number of aryl methyl sites for hydroxylation is 6. The van der Waals surface area contributed by atoms with Gasteiger partial charge in [0.05, 0.1) is 28.4 Å². The Labute approximate surface area is 299 Å². The van der Waals surface area contributed by atoms with Crippen molar-refractivity contribution in [2.45, 2.75) is 60.4 Å². The molecule has 256 valence electrons. The molecular weight excluding hydrogens is 673 g/mol. The zero-order valence-electron chi connectivity index (χ0n) is 28.7. The third kappa shape index (κ3) is 5.58. The second-order valence-corrected chi connectivity index (χ2v) is 14.0. The summed E-state index contributed by atoms with van der Waals surface area (Å²) in [6.07, 6.45) is 2.76. The van der Waals surface area contributed by atoms with Crippen molar-refractivity contribution >= 4 is 62.6 Å². The average Bonchev–Trinajstić information content (AvgIpc) is 3.64. The molecule has 0 saturated carbocycles. The van der Waals surface area contributed by atoms with E-state index in [1.165, 1.54) is 0 Å². The van der Waals surface area contributed by atoms with E-state index in [1.807, 2.05) is 71.0 Å². The van der Waals surface area contributed by atoms with Gasteiger partial charge < -0.3 is 24.3 Å². The second kappa shape index (κ2) is 12.8. The highest BCUT2D eigenvalue weighted by atomic mass is 35.5. The normalized spacial score (nSPS) is 14.5. The van der Waals surface area contributed by atoms with Gasteiger partial charge in [0.25, 0.3) is 5.91 Å². The average molecular weight is 711 g/mol. The fraction of sp³-hybridized carbons (Fsp3) is 0.282. The quantitative estimate of drug-likeness (QED) is 0.152. The monoisotopic (exact) mass is 709 g/mol. The van der Waals surface area contributed by atoms with Gasteiger partial charge in [-0.25, -0.2) is 14.8 Å². The van der Waals surface area contributed by atoms with Crippen molar-refractivity contribution in [3.05, 3.63) is 104 Å². The van der Waals surface area contributed by atoms with E-state index in [2.05, 4.69) is 26.4 Å². The highest BCUT2D eigenvalue weighted by molar-refractivity contribution is 6.35. The Morgan fingerprint density at radius 2 is 1.70 bits per heavy atom. The summed E-state index contributed by atoms with van der Waals surface area (Å²) in [5.74, 6) is -0.475. The van der Waals surface area contributed by atoms with Crippen molar-refractivity contribution in [2.75, 3.05) is 18.1 Å². The minimum Gasteiger partial charge on any atom is -0.494 e. The SMILES string of the molecule is Cc1cc(N2CC(C)n3c(c(CCCOc4cc(C)c(Cl)c(C)c4)c4ccc(Cl)c(-c5c(C)ncnc5C)c43)C2=O)c2[nH]c(C(=O)O)cc2c1. The van der Waals surface area contributed by atoms with Crippen LogP contribution in [-0.2, 0) is 6.42 Å². The van der Waals surface area contributed by atoms with Gasteiger partial charge in [-0.2, -0.15) is 0 Å². The Balaban J connectivity index is 1.38. The summed E-state index contributed by atoms with van der Waals surface area (Å²) in [6, 6.07) is 13.1. The van der Waals surface area contributed by atoms with E-state index >= 15 is 0 Å². The Kier molecular flexibility index (Phi) is 8.60. The van der Waals surface area contributed by atoms with Crippen molar-refractivity contribution < 1.29 is 19.4 Å². The van der Waals surface area contributed by atoms with Gasteiger partial charge in [-0.15, -0.1) is 0 Å². The van der Waals surface area contributed by atoms with Gasteiger partial charge in [-0.05, 0) is 113 Å². The van der Waals surface area contributed by atoms with Crippen LogP contribution < -0.4 is 9.64 Å². The first kappa shape index (κ1) is 33.6. The molecule has 4 heterocycles. The fourth-order valence-electron chi connectivity index (χ4n) is 7.46. The molecule has 0 radical (unpaired) electrons. The van der Waals surface area contributed by atoms with Crippen molar-refractivity contribution in [3.63, 3.8) is 0 Å². The lowest BCUT2D eigenvalue weighted by atomic mass is 9.97. The molecule has 1 aliphatic rings. The molecule has 1 unspecified atom stereocenters. The van der Waals surface area contributed by atoms with Gasteiger partial charge in [-0.3, -0.25) is 4.79 Å². The van der Waals surface area contributed by atoms with Gasteiger partial charge in [0.2, 0.25) is 0 Å². The molecule has 0 spiro atoms. The number of anilines is 1. The van der Waals surface area contributed by atoms with E-state index < -0.39 is 5.97 Å². The number of aromatic amines is 1. The lowest BCUT2D eigenvalue weighted by molar-refractivity contribution is 0.0691. The topological polar surface area (TPSA) is 113 Å². The van der Waals surface area contributed by atoms with Crippen LogP contribution in [0.15, 0.2) is 48.8 Å². The van der Waals surface area contributed by atoms with Gasteiger partial charge in [0, 0.05) is 50.9 Å². The summed E-state index contributed by atoms with van der Waals surface area (Å²) in [6.45, 7) is 12.6. The number of amides is 1. The molecular formula is C39H37Cl2N5O4. The number of nitrogens with zero attached hydrogens (tertiary/aromatic N) is 4. The molecule has 1 aliphatic heterocycles. The largest absolute Gasteiger partial charge is 0.494 e. The molecule has 3 aromatic heterocycles. The number of carboxylic acids is 1. The summed E-state index contributed by atoms with van der Waals surface area (Å²) in [5, 5.41) is 12.7. The molecule has 50 heavy (non-hydrogen) atoms. The Hall–Kier alpha value is -4.86. The van der Waals surface area contributed by atoms with E-state index in [4.69, 9.17) is 27.9 Å². The van der Waals surface area contributed by atoms with Crippen LogP contribution in [0.1, 0.15) is 74.0 Å². The number of hydrogen-bond acceptors (Lipinski definition) is 5. The Bertz CT molecular complexity index is 2330. The summed E-state index contributed by atoms with van der Waals surface area (Å²) in [7, 11) is 0.